The number of imidazole rings is 1. The Labute approximate surface area is 110 Å². The second kappa shape index (κ2) is 4.61. The quantitative estimate of drug-likeness (QED) is 0.904. The van der Waals surface area contributed by atoms with Crippen molar-refractivity contribution in [3.05, 3.63) is 34.9 Å². The summed E-state index contributed by atoms with van der Waals surface area (Å²) in [6, 6.07) is 4.82. The summed E-state index contributed by atoms with van der Waals surface area (Å²) in [5, 5.41) is 0.0728. The maximum atomic E-state index is 14.0. The number of aromatic nitrogens is 2. The van der Waals surface area contributed by atoms with Crippen LogP contribution in [0.4, 0.5) is 10.2 Å². The summed E-state index contributed by atoms with van der Waals surface area (Å²) in [5.74, 6) is 0.995. The molecule has 18 heavy (non-hydrogen) atoms. The fourth-order valence-electron chi connectivity index (χ4n) is 1.93. The van der Waals surface area contributed by atoms with Crippen LogP contribution in [0.15, 0.2) is 18.2 Å². The van der Waals surface area contributed by atoms with Gasteiger partial charge in [-0.1, -0.05) is 31.5 Å². The van der Waals surface area contributed by atoms with Gasteiger partial charge in [0.05, 0.1) is 5.02 Å². The van der Waals surface area contributed by atoms with E-state index in [9.17, 15) is 4.39 Å². The molecule has 0 unspecified atom stereocenters. The van der Waals surface area contributed by atoms with Gasteiger partial charge in [0.1, 0.15) is 17.3 Å². The molecule has 5 heteroatoms. The van der Waals surface area contributed by atoms with E-state index in [1.54, 1.807) is 16.7 Å². The smallest absolute Gasteiger partial charge is 0.151 e. The maximum absolute atomic E-state index is 14.0. The summed E-state index contributed by atoms with van der Waals surface area (Å²) in [7, 11) is 1.82. The molecular formula is C13H15ClFN3. The van der Waals surface area contributed by atoms with Crippen molar-refractivity contribution in [3.8, 4) is 11.3 Å². The van der Waals surface area contributed by atoms with E-state index in [1.807, 2.05) is 20.9 Å². The number of hydrogen-bond acceptors (Lipinski definition) is 2. The van der Waals surface area contributed by atoms with Gasteiger partial charge in [-0.2, -0.15) is 0 Å². The molecule has 2 N–H and O–H groups in total. The number of rotatable bonds is 2. The van der Waals surface area contributed by atoms with Crippen molar-refractivity contribution in [1.82, 2.24) is 9.55 Å². The lowest BCUT2D eigenvalue weighted by molar-refractivity contribution is 0.631. The summed E-state index contributed by atoms with van der Waals surface area (Å²) >= 11 is 5.77. The minimum Gasteiger partial charge on any atom is -0.383 e. The minimum atomic E-state index is -0.487. The summed E-state index contributed by atoms with van der Waals surface area (Å²) < 4.78 is 15.8. The van der Waals surface area contributed by atoms with Crippen LogP contribution in [-0.2, 0) is 7.05 Å². The highest BCUT2D eigenvalue weighted by Gasteiger charge is 2.19. The molecule has 0 atom stereocenters. The third kappa shape index (κ3) is 1.97. The molecule has 2 rings (SSSR count). The van der Waals surface area contributed by atoms with Crippen LogP contribution in [0.2, 0.25) is 5.02 Å². The first-order valence-corrected chi connectivity index (χ1v) is 6.07. The average molecular weight is 268 g/mol. The largest absolute Gasteiger partial charge is 0.383 e. The highest BCUT2D eigenvalue weighted by Crippen LogP contribution is 2.32. The second-order valence-electron chi connectivity index (χ2n) is 4.52. The highest BCUT2D eigenvalue weighted by atomic mass is 35.5. The number of anilines is 1. The Morgan fingerprint density at radius 1 is 1.39 bits per heavy atom. The van der Waals surface area contributed by atoms with Crippen LogP contribution in [0.1, 0.15) is 25.6 Å². The van der Waals surface area contributed by atoms with Gasteiger partial charge in [0.25, 0.3) is 0 Å². The van der Waals surface area contributed by atoms with Gasteiger partial charge >= 0.3 is 0 Å². The second-order valence-corrected chi connectivity index (χ2v) is 4.93. The molecule has 2 aromatic rings. The lowest BCUT2D eigenvalue weighted by atomic mass is 10.1. The zero-order valence-electron chi connectivity index (χ0n) is 10.5. The van der Waals surface area contributed by atoms with E-state index < -0.39 is 5.82 Å². The van der Waals surface area contributed by atoms with Gasteiger partial charge < -0.3 is 10.3 Å². The Kier molecular flexibility index (Phi) is 3.30. The predicted octanol–water partition coefficient (Wildman–Crippen LogP) is 3.59. The van der Waals surface area contributed by atoms with Gasteiger partial charge in [-0.15, -0.1) is 0 Å². The normalized spacial score (nSPS) is 11.2. The molecule has 0 bridgehead atoms. The molecule has 0 radical (unpaired) electrons. The summed E-state index contributed by atoms with van der Waals surface area (Å²) in [4.78, 5) is 4.42. The van der Waals surface area contributed by atoms with Crippen LogP contribution in [0.3, 0.4) is 0 Å². The van der Waals surface area contributed by atoms with E-state index in [1.165, 1.54) is 6.07 Å². The summed E-state index contributed by atoms with van der Waals surface area (Å²) in [5.41, 5.74) is 6.76. The number of halogens is 2. The first kappa shape index (κ1) is 12.9. The third-order valence-electron chi connectivity index (χ3n) is 2.90. The molecule has 0 amide bonds. The Balaban J connectivity index is 2.65. The number of nitrogen functional groups attached to an aromatic ring is 1. The zero-order chi connectivity index (χ0) is 13.4. The van der Waals surface area contributed by atoms with Crippen molar-refractivity contribution in [3.63, 3.8) is 0 Å². The zero-order valence-corrected chi connectivity index (χ0v) is 11.3. The van der Waals surface area contributed by atoms with Crippen molar-refractivity contribution in [2.75, 3.05) is 5.73 Å². The lowest BCUT2D eigenvalue weighted by Gasteiger charge is -2.04. The van der Waals surface area contributed by atoms with E-state index in [4.69, 9.17) is 17.3 Å². The van der Waals surface area contributed by atoms with E-state index >= 15 is 0 Å². The van der Waals surface area contributed by atoms with Crippen LogP contribution in [-0.4, -0.2) is 9.55 Å². The molecule has 0 aliphatic rings. The van der Waals surface area contributed by atoms with Crippen LogP contribution in [0, 0.1) is 5.82 Å². The minimum absolute atomic E-state index is 0.0728. The fraction of sp³-hybridized carbons (Fsp3) is 0.308. The molecular weight excluding hydrogens is 253 g/mol. The molecule has 0 saturated heterocycles. The molecule has 1 aromatic carbocycles. The number of nitrogens with two attached hydrogens (primary N) is 1. The Bertz CT molecular complexity index is 590. The van der Waals surface area contributed by atoms with Crippen molar-refractivity contribution >= 4 is 17.4 Å². The van der Waals surface area contributed by atoms with Crippen LogP contribution in [0.25, 0.3) is 11.3 Å². The van der Waals surface area contributed by atoms with E-state index in [-0.39, 0.29) is 10.9 Å². The van der Waals surface area contributed by atoms with Crippen molar-refractivity contribution in [1.29, 1.82) is 0 Å². The molecule has 0 saturated carbocycles. The van der Waals surface area contributed by atoms with Gasteiger partial charge in [-0.05, 0) is 12.1 Å². The van der Waals surface area contributed by atoms with E-state index in [2.05, 4.69) is 4.98 Å². The van der Waals surface area contributed by atoms with Crippen molar-refractivity contribution < 1.29 is 4.39 Å². The Morgan fingerprint density at radius 3 is 2.61 bits per heavy atom. The van der Waals surface area contributed by atoms with Crippen molar-refractivity contribution in [2.24, 2.45) is 7.05 Å². The average Bonchev–Trinajstić information content (AvgIpc) is 2.61. The van der Waals surface area contributed by atoms with Crippen molar-refractivity contribution in [2.45, 2.75) is 19.8 Å². The number of nitrogens with zero attached hydrogens (tertiary/aromatic N) is 2. The number of benzene rings is 1. The van der Waals surface area contributed by atoms with Gasteiger partial charge in [0.2, 0.25) is 0 Å². The van der Waals surface area contributed by atoms with Crippen LogP contribution in [0.5, 0.6) is 0 Å². The first-order chi connectivity index (χ1) is 8.43. The standard InChI is InChI=1S/C13H15ClFN3/c1-7(2)13-17-11(12(16)18(13)3)8-5-4-6-9(14)10(8)15/h4-7H,16H2,1-3H3. The summed E-state index contributed by atoms with van der Waals surface area (Å²) in [6.45, 7) is 4.03. The molecule has 1 heterocycles. The predicted molar refractivity (Wildman–Crippen MR) is 72.1 cm³/mol. The fourth-order valence-corrected chi connectivity index (χ4v) is 2.10. The summed E-state index contributed by atoms with van der Waals surface area (Å²) in [6.07, 6.45) is 0. The van der Waals surface area contributed by atoms with Gasteiger partial charge in [0.15, 0.2) is 5.82 Å². The molecule has 96 valence electrons. The Hall–Kier alpha value is -1.55. The third-order valence-corrected chi connectivity index (χ3v) is 3.19. The number of hydrogen-bond donors (Lipinski definition) is 1. The first-order valence-electron chi connectivity index (χ1n) is 5.70. The monoisotopic (exact) mass is 267 g/mol. The lowest BCUT2D eigenvalue weighted by Crippen LogP contribution is -2.03. The van der Waals surface area contributed by atoms with Crippen LogP contribution < -0.4 is 5.73 Å². The highest BCUT2D eigenvalue weighted by molar-refractivity contribution is 6.31. The van der Waals surface area contributed by atoms with Crippen LogP contribution >= 0.6 is 11.6 Å². The molecule has 0 aliphatic heterocycles. The van der Waals surface area contributed by atoms with E-state index in [0.717, 1.165) is 5.82 Å². The Morgan fingerprint density at radius 2 is 2.06 bits per heavy atom. The van der Waals surface area contributed by atoms with Gasteiger partial charge in [0, 0.05) is 18.5 Å². The van der Waals surface area contributed by atoms with Gasteiger partial charge in [-0.25, -0.2) is 9.37 Å². The SMILES string of the molecule is CC(C)c1nc(-c2cccc(Cl)c2F)c(N)n1C. The van der Waals surface area contributed by atoms with E-state index in [0.29, 0.717) is 17.1 Å². The molecule has 3 nitrogen and oxygen atoms in total. The molecule has 1 aromatic heterocycles. The topological polar surface area (TPSA) is 43.8 Å². The maximum Gasteiger partial charge on any atom is 0.151 e. The molecule has 0 spiro atoms. The van der Waals surface area contributed by atoms with Gasteiger partial charge in [-0.3, -0.25) is 0 Å². The molecule has 0 fully saturated rings. The molecule has 0 aliphatic carbocycles.